The zero-order valence-corrected chi connectivity index (χ0v) is 27.1. The van der Waals surface area contributed by atoms with Crippen LogP contribution in [0.1, 0.15) is 76.8 Å². The van der Waals surface area contributed by atoms with Gasteiger partial charge in [-0.1, -0.05) is 62.6 Å². The molecule has 0 bridgehead atoms. The first-order chi connectivity index (χ1) is 21.6. The number of ether oxygens (including phenoxy) is 1. The summed E-state index contributed by atoms with van der Waals surface area (Å²) < 4.78 is 35.0. The molecule has 1 aliphatic carbocycles. The molecule has 2 amide bonds. The van der Waals surface area contributed by atoms with Crippen LogP contribution in [0, 0.1) is 0 Å². The largest absolute Gasteiger partial charge is 0.453 e. The Morgan fingerprint density at radius 3 is 2.62 bits per heavy atom. The maximum Gasteiger partial charge on any atom is 0.407 e. The van der Waals surface area contributed by atoms with E-state index in [9.17, 15) is 18.0 Å². The number of hydrogen-bond donors (Lipinski definition) is 3. The number of amides is 2. The smallest absolute Gasteiger partial charge is 0.407 e. The fraction of sp³-hybridized carbons (Fsp3) is 0.424. The van der Waals surface area contributed by atoms with Crippen molar-refractivity contribution >= 4 is 27.9 Å². The molecule has 2 heterocycles. The van der Waals surface area contributed by atoms with E-state index in [1.807, 2.05) is 23.1 Å². The summed E-state index contributed by atoms with van der Waals surface area (Å²) in [5, 5.41) is 2.73. The molecule has 3 N–H and O–H groups in total. The van der Waals surface area contributed by atoms with Gasteiger partial charge in [-0.25, -0.2) is 18.7 Å². The van der Waals surface area contributed by atoms with Gasteiger partial charge in [-0.2, -0.15) is 0 Å². The molecule has 12 heteroatoms. The van der Waals surface area contributed by atoms with Crippen molar-refractivity contribution in [2.45, 2.75) is 89.2 Å². The van der Waals surface area contributed by atoms with Crippen LogP contribution in [0.2, 0.25) is 0 Å². The van der Waals surface area contributed by atoms with Gasteiger partial charge in [0.15, 0.2) is 0 Å². The lowest BCUT2D eigenvalue weighted by Gasteiger charge is -2.24. The van der Waals surface area contributed by atoms with Crippen LogP contribution in [-0.4, -0.2) is 43.8 Å². The summed E-state index contributed by atoms with van der Waals surface area (Å²) in [5.41, 5.74) is 5.60. The Labute approximate surface area is 264 Å². The fourth-order valence-electron chi connectivity index (χ4n) is 6.06. The van der Waals surface area contributed by atoms with Gasteiger partial charge in [-0.3, -0.25) is 19.4 Å². The number of hydroxylamine groups is 1. The van der Waals surface area contributed by atoms with Crippen LogP contribution >= 0.6 is 0 Å². The standard InChI is InChI=1S/C33H41N5O6S/c1-5-6-13-30-36-33(16-9-10-17-33)31(39)38(30)21-24-14-15-26(25(18-24)19-34-32(40)43-4)27-11-7-8-12-29(27)45(41,42)37-28-20-35-44-23(3)22(28)2/h7-8,11-12,14-15,18,20,35,37H,5-6,9-10,13,16-17,19,21H2,1-4H3,(H,34,40). The van der Waals surface area contributed by atoms with E-state index < -0.39 is 21.7 Å². The molecule has 45 heavy (non-hydrogen) atoms. The number of hydrogen-bond acceptors (Lipinski definition) is 8. The van der Waals surface area contributed by atoms with Crippen LogP contribution in [0.15, 0.2) is 75.6 Å². The molecular formula is C33H41N5O6S. The maximum absolute atomic E-state index is 13.8. The number of nitrogens with zero attached hydrogens (tertiary/aromatic N) is 2. The Morgan fingerprint density at radius 1 is 1.13 bits per heavy atom. The summed E-state index contributed by atoms with van der Waals surface area (Å²) in [5.74, 6) is 1.44. The van der Waals surface area contributed by atoms with E-state index in [0.29, 0.717) is 40.3 Å². The summed E-state index contributed by atoms with van der Waals surface area (Å²) in [6, 6.07) is 12.4. The first kappa shape index (κ1) is 32.1. The average Bonchev–Trinajstić information content (AvgIpc) is 3.61. The van der Waals surface area contributed by atoms with Crippen LogP contribution < -0.4 is 15.5 Å². The number of unbranched alkanes of at least 4 members (excludes halogenated alkanes) is 1. The van der Waals surface area contributed by atoms with Gasteiger partial charge in [0.05, 0.1) is 30.4 Å². The van der Waals surface area contributed by atoms with E-state index >= 15 is 0 Å². The minimum atomic E-state index is -4.04. The second-order valence-electron chi connectivity index (χ2n) is 11.7. The SMILES string of the molecule is CCCCC1=NC2(CCCC2)C(=O)N1Cc1ccc(-c2ccccc2S(=O)(=O)NC2=CNOC(C)=C2C)c(CNC(=O)OC)c1. The van der Waals surface area contributed by atoms with E-state index in [4.69, 9.17) is 14.6 Å². The topological polar surface area (TPSA) is 138 Å². The van der Waals surface area contributed by atoms with Crippen molar-refractivity contribution in [1.82, 2.24) is 20.4 Å². The molecular weight excluding hydrogens is 594 g/mol. The highest BCUT2D eigenvalue weighted by Crippen LogP contribution is 2.40. The first-order valence-electron chi connectivity index (χ1n) is 15.4. The predicted molar refractivity (Wildman–Crippen MR) is 171 cm³/mol. The summed E-state index contributed by atoms with van der Waals surface area (Å²) in [6.45, 7) is 6.05. The Hall–Kier alpha value is -4.32. The quantitative estimate of drug-likeness (QED) is 0.301. The zero-order valence-electron chi connectivity index (χ0n) is 26.2. The third kappa shape index (κ3) is 6.70. The number of nitrogens with one attached hydrogen (secondary N) is 3. The number of sulfonamides is 1. The highest BCUT2D eigenvalue weighted by molar-refractivity contribution is 7.89. The van der Waals surface area contributed by atoms with Gasteiger partial charge < -0.3 is 14.9 Å². The number of alkyl carbamates (subject to hydrolysis) is 1. The third-order valence-electron chi connectivity index (χ3n) is 8.66. The van der Waals surface area contributed by atoms with Gasteiger partial charge in [0.1, 0.15) is 17.1 Å². The Kier molecular flexibility index (Phi) is 9.52. The predicted octanol–water partition coefficient (Wildman–Crippen LogP) is 5.40. The number of benzene rings is 2. The molecule has 3 aliphatic rings. The molecule has 0 unspecified atom stereocenters. The van der Waals surface area contributed by atoms with Crippen molar-refractivity contribution in [3.05, 3.63) is 76.8 Å². The number of rotatable bonds is 11. The van der Waals surface area contributed by atoms with Crippen molar-refractivity contribution in [1.29, 1.82) is 0 Å². The Balaban J connectivity index is 1.50. The van der Waals surface area contributed by atoms with Gasteiger partial charge in [-0.15, -0.1) is 0 Å². The van der Waals surface area contributed by atoms with Gasteiger partial charge in [0.2, 0.25) is 0 Å². The van der Waals surface area contributed by atoms with Crippen LogP contribution in [0.4, 0.5) is 4.79 Å². The van der Waals surface area contributed by atoms with Gasteiger partial charge >= 0.3 is 6.09 Å². The van der Waals surface area contributed by atoms with Crippen molar-refractivity contribution in [2.24, 2.45) is 4.99 Å². The highest BCUT2D eigenvalue weighted by Gasteiger charge is 2.49. The lowest BCUT2D eigenvalue weighted by Crippen LogP contribution is -2.40. The normalized spacial score (nSPS) is 17.5. The van der Waals surface area contributed by atoms with Crippen LogP contribution in [0.5, 0.6) is 0 Å². The molecule has 2 aromatic carbocycles. The van der Waals surface area contributed by atoms with E-state index in [1.165, 1.54) is 13.3 Å². The van der Waals surface area contributed by atoms with Crippen LogP contribution in [0.25, 0.3) is 11.1 Å². The molecule has 240 valence electrons. The van der Waals surface area contributed by atoms with Crippen molar-refractivity contribution in [3.63, 3.8) is 0 Å². The molecule has 0 aromatic heterocycles. The molecule has 5 rings (SSSR count). The molecule has 0 saturated heterocycles. The number of amidine groups is 1. The lowest BCUT2D eigenvalue weighted by molar-refractivity contribution is -0.131. The van der Waals surface area contributed by atoms with Crippen molar-refractivity contribution in [3.8, 4) is 11.1 Å². The molecule has 0 radical (unpaired) electrons. The summed E-state index contributed by atoms with van der Waals surface area (Å²) >= 11 is 0. The molecule has 2 aromatic rings. The second-order valence-corrected chi connectivity index (χ2v) is 13.3. The lowest BCUT2D eigenvalue weighted by atomic mass is 9.96. The summed E-state index contributed by atoms with van der Waals surface area (Å²) in [6.07, 6.45) is 7.07. The van der Waals surface area contributed by atoms with E-state index in [2.05, 4.69) is 22.4 Å². The number of aliphatic imine (C=N–C) groups is 1. The molecule has 11 nitrogen and oxygen atoms in total. The van der Waals surface area contributed by atoms with Crippen LogP contribution in [-0.2, 0) is 37.5 Å². The molecule has 1 saturated carbocycles. The van der Waals surface area contributed by atoms with Crippen molar-refractivity contribution in [2.75, 3.05) is 7.11 Å². The monoisotopic (exact) mass is 635 g/mol. The minimum Gasteiger partial charge on any atom is -0.453 e. The van der Waals surface area contributed by atoms with E-state index in [-0.39, 0.29) is 17.3 Å². The minimum absolute atomic E-state index is 0.0587. The maximum atomic E-state index is 13.8. The third-order valence-corrected chi connectivity index (χ3v) is 10.1. The average molecular weight is 636 g/mol. The Bertz CT molecular complexity index is 1670. The fourth-order valence-corrected chi connectivity index (χ4v) is 7.39. The van der Waals surface area contributed by atoms with Crippen LogP contribution in [0.3, 0.4) is 0 Å². The first-order valence-corrected chi connectivity index (χ1v) is 16.8. The van der Waals surface area contributed by atoms with Gasteiger partial charge in [0.25, 0.3) is 15.9 Å². The molecule has 2 aliphatic heterocycles. The number of carbonyl (C=O) groups is 2. The Morgan fingerprint density at radius 2 is 1.89 bits per heavy atom. The summed E-state index contributed by atoms with van der Waals surface area (Å²) in [7, 11) is -2.76. The highest BCUT2D eigenvalue weighted by atomic mass is 32.2. The number of carbonyl (C=O) groups excluding carboxylic acids is 2. The van der Waals surface area contributed by atoms with Crippen molar-refractivity contribution < 1.29 is 27.6 Å². The molecule has 1 fully saturated rings. The molecule has 1 spiro atoms. The summed E-state index contributed by atoms with van der Waals surface area (Å²) in [4.78, 5) is 38.0. The van der Waals surface area contributed by atoms with E-state index in [0.717, 1.165) is 56.3 Å². The molecule has 0 atom stereocenters. The van der Waals surface area contributed by atoms with E-state index in [1.54, 1.807) is 38.1 Å². The van der Waals surface area contributed by atoms with Gasteiger partial charge in [-0.05, 0) is 55.9 Å². The second kappa shape index (κ2) is 13.4. The van der Waals surface area contributed by atoms with Gasteiger partial charge in [0, 0.05) is 24.1 Å². The number of allylic oxidation sites excluding steroid dienone is 2. The zero-order chi connectivity index (χ0) is 32.2. The number of methoxy groups -OCH3 is 1.